The lowest BCUT2D eigenvalue weighted by atomic mass is 10.2. The van der Waals surface area contributed by atoms with Crippen molar-refractivity contribution >= 4 is 33.2 Å². The Morgan fingerprint density at radius 3 is 2.70 bits per heavy atom. The van der Waals surface area contributed by atoms with Crippen LogP contribution in [0.5, 0.6) is 5.75 Å². The van der Waals surface area contributed by atoms with E-state index in [0.717, 1.165) is 0 Å². The van der Waals surface area contributed by atoms with Crippen molar-refractivity contribution < 1.29 is 14.8 Å². The van der Waals surface area contributed by atoms with Gasteiger partial charge in [-0.15, -0.1) is 0 Å². The standard InChI is InChI=1S/C13H9BrN2O4/c14-8-4-5-12(17)11(6-8)13(18)15-9-2-1-3-10(7-9)16(19)20/h1-7,17H,(H,15,18). The fraction of sp³-hybridized carbons (Fsp3) is 0. The number of nitro benzene ring substituents is 1. The molecule has 0 spiro atoms. The van der Waals surface area contributed by atoms with Crippen molar-refractivity contribution in [3.05, 3.63) is 62.6 Å². The number of nitrogens with zero attached hydrogens (tertiary/aromatic N) is 1. The Balaban J connectivity index is 2.25. The van der Waals surface area contributed by atoms with Gasteiger partial charge in [0, 0.05) is 22.3 Å². The van der Waals surface area contributed by atoms with Gasteiger partial charge >= 0.3 is 0 Å². The number of amides is 1. The van der Waals surface area contributed by atoms with E-state index in [1.807, 2.05) is 0 Å². The van der Waals surface area contributed by atoms with E-state index >= 15 is 0 Å². The Labute approximate surface area is 122 Å². The summed E-state index contributed by atoms with van der Waals surface area (Å²) in [5.41, 5.74) is 0.232. The van der Waals surface area contributed by atoms with Crippen molar-refractivity contribution in [1.29, 1.82) is 0 Å². The van der Waals surface area contributed by atoms with Gasteiger partial charge in [-0.05, 0) is 24.3 Å². The first kappa shape index (κ1) is 14.0. The highest BCUT2D eigenvalue weighted by molar-refractivity contribution is 9.10. The van der Waals surface area contributed by atoms with Gasteiger partial charge in [-0.25, -0.2) is 0 Å². The second-order valence-electron chi connectivity index (χ2n) is 3.92. The molecule has 0 unspecified atom stereocenters. The minimum absolute atomic E-state index is 0.0749. The Hall–Kier alpha value is -2.41. The number of anilines is 1. The molecule has 0 saturated heterocycles. The second kappa shape index (κ2) is 5.70. The number of aromatic hydroxyl groups is 1. The highest BCUT2D eigenvalue weighted by Gasteiger charge is 2.13. The Kier molecular flexibility index (Phi) is 3.99. The molecule has 20 heavy (non-hydrogen) atoms. The Morgan fingerprint density at radius 1 is 1.25 bits per heavy atom. The van der Waals surface area contributed by atoms with E-state index in [4.69, 9.17) is 0 Å². The summed E-state index contributed by atoms with van der Waals surface area (Å²) < 4.78 is 0.638. The predicted octanol–water partition coefficient (Wildman–Crippen LogP) is 3.32. The molecule has 0 bridgehead atoms. The summed E-state index contributed by atoms with van der Waals surface area (Å²) in [6.07, 6.45) is 0. The molecular weight excluding hydrogens is 328 g/mol. The molecule has 102 valence electrons. The first-order chi connectivity index (χ1) is 9.47. The van der Waals surface area contributed by atoms with E-state index in [0.29, 0.717) is 4.47 Å². The van der Waals surface area contributed by atoms with E-state index in [2.05, 4.69) is 21.2 Å². The fourth-order valence-electron chi connectivity index (χ4n) is 1.59. The van der Waals surface area contributed by atoms with E-state index in [1.54, 1.807) is 6.07 Å². The Bertz CT molecular complexity index is 688. The lowest BCUT2D eigenvalue weighted by Gasteiger charge is -2.07. The van der Waals surface area contributed by atoms with Gasteiger partial charge in [0.15, 0.2) is 0 Å². The Morgan fingerprint density at radius 2 is 2.00 bits per heavy atom. The summed E-state index contributed by atoms with van der Waals surface area (Å²) in [6.45, 7) is 0. The number of phenols is 1. The third-order valence-electron chi connectivity index (χ3n) is 2.52. The first-order valence-corrected chi connectivity index (χ1v) is 6.31. The van der Waals surface area contributed by atoms with Gasteiger partial charge in [0.1, 0.15) is 5.75 Å². The number of benzene rings is 2. The normalized spacial score (nSPS) is 10.1. The van der Waals surface area contributed by atoms with Crippen LogP contribution in [0.1, 0.15) is 10.4 Å². The maximum Gasteiger partial charge on any atom is 0.271 e. The molecule has 2 N–H and O–H groups in total. The monoisotopic (exact) mass is 336 g/mol. The lowest BCUT2D eigenvalue weighted by Crippen LogP contribution is -2.12. The summed E-state index contributed by atoms with van der Waals surface area (Å²) in [7, 11) is 0. The van der Waals surface area contributed by atoms with Crippen molar-refractivity contribution in [2.75, 3.05) is 5.32 Å². The average molecular weight is 337 g/mol. The van der Waals surface area contributed by atoms with Crippen LogP contribution in [0.25, 0.3) is 0 Å². The van der Waals surface area contributed by atoms with Gasteiger partial charge in [-0.2, -0.15) is 0 Å². The molecule has 0 aromatic heterocycles. The quantitative estimate of drug-likeness (QED) is 0.664. The van der Waals surface area contributed by atoms with Gasteiger partial charge in [0.2, 0.25) is 0 Å². The molecule has 0 aliphatic carbocycles. The van der Waals surface area contributed by atoms with Crippen molar-refractivity contribution in [3.8, 4) is 5.75 Å². The third-order valence-corrected chi connectivity index (χ3v) is 3.01. The molecular formula is C13H9BrN2O4. The molecule has 2 aromatic carbocycles. The molecule has 2 aromatic rings. The van der Waals surface area contributed by atoms with E-state index < -0.39 is 10.8 Å². The number of hydrogen-bond donors (Lipinski definition) is 2. The molecule has 6 nitrogen and oxygen atoms in total. The number of phenolic OH excluding ortho intramolecular Hbond substituents is 1. The minimum Gasteiger partial charge on any atom is -0.507 e. The topological polar surface area (TPSA) is 92.5 Å². The van der Waals surface area contributed by atoms with Gasteiger partial charge in [-0.1, -0.05) is 22.0 Å². The van der Waals surface area contributed by atoms with Gasteiger partial charge < -0.3 is 10.4 Å². The zero-order valence-electron chi connectivity index (χ0n) is 10.0. The van der Waals surface area contributed by atoms with Crippen LogP contribution in [0.15, 0.2) is 46.9 Å². The van der Waals surface area contributed by atoms with Crippen LogP contribution in [0, 0.1) is 10.1 Å². The maximum absolute atomic E-state index is 12.0. The number of nitro groups is 1. The van der Waals surface area contributed by atoms with Crippen LogP contribution >= 0.6 is 15.9 Å². The van der Waals surface area contributed by atoms with Gasteiger partial charge in [-0.3, -0.25) is 14.9 Å². The highest BCUT2D eigenvalue weighted by Crippen LogP contribution is 2.24. The molecule has 7 heteroatoms. The minimum atomic E-state index is -0.552. The van der Waals surface area contributed by atoms with Crippen molar-refractivity contribution in [1.82, 2.24) is 0 Å². The maximum atomic E-state index is 12.0. The smallest absolute Gasteiger partial charge is 0.271 e. The molecule has 0 radical (unpaired) electrons. The number of carbonyl (C=O) groups excluding carboxylic acids is 1. The number of halogens is 1. The summed E-state index contributed by atoms with van der Waals surface area (Å²) in [6, 6.07) is 10.0. The van der Waals surface area contributed by atoms with Crippen LogP contribution in [-0.2, 0) is 0 Å². The molecule has 0 aliphatic heterocycles. The fourth-order valence-corrected chi connectivity index (χ4v) is 1.95. The second-order valence-corrected chi connectivity index (χ2v) is 4.84. The van der Waals surface area contributed by atoms with Crippen LogP contribution < -0.4 is 5.32 Å². The number of non-ortho nitro benzene ring substituents is 1. The highest BCUT2D eigenvalue weighted by atomic mass is 79.9. The first-order valence-electron chi connectivity index (χ1n) is 5.51. The van der Waals surface area contributed by atoms with Crippen molar-refractivity contribution in [2.24, 2.45) is 0 Å². The lowest BCUT2D eigenvalue weighted by molar-refractivity contribution is -0.384. The SMILES string of the molecule is O=C(Nc1cccc([N+](=O)[O-])c1)c1cc(Br)ccc1O. The summed E-state index contributed by atoms with van der Waals surface area (Å²) in [5, 5.41) is 22.8. The van der Waals surface area contributed by atoms with E-state index in [-0.39, 0.29) is 22.7 Å². The van der Waals surface area contributed by atoms with Crippen LogP contribution in [0.3, 0.4) is 0 Å². The molecule has 0 aliphatic rings. The largest absolute Gasteiger partial charge is 0.507 e. The zero-order valence-corrected chi connectivity index (χ0v) is 11.6. The molecule has 0 saturated carbocycles. The van der Waals surface area contributed by atoms with Gasteiger partial charge in [0.25, 0.3) is 11.6 Å². The number of carbonyl (C=O) groups is 1. The summed E-state index contributed by atoms with van der Waals surface area (Å²) in [4.78, 5) is 22.1. The molecule has 2 rings (SSSR count). The number of rotatable bonds is 3. The zero-order chi connectivity index (χ0) is 14.7. The number of hydrogen-bond acceptors (Lipinski definition) is 4. The van der Waals surface area contributed by atoms with Crippen LogP contribution in [-0.4, -0.2) is 15.9 Å². The molecule has 0 fully saturated rings. The predicted molar refractivity (Wildman–Crippen MR) is 76.9 cm³/mol. The van der Waals surface area contributed by atoms with E-state index in [1.165, 1.54) is 36.4 Å². The summed E-state index contributed by atoms with van der Waals surface area (Å²) in [5.74, 6) is -0.722. The van der Waals surface area contributed by atoms with E-state index in [9.17, 15) is 20.0 Å². The van der Waals surface area contributed by atoms with Crippen LogP contribution in [0.2, 0.25) is 0 Å². The van der Waals surface area contributed by atoms with Gasteiger partial charge in [0.05, 0.1) is 10.5 Å². The van der Waals surface area contributed by atoms with Crippen LogP contribution in [0.4, 0.5) is 11.4 Å². The third kappa shape index (κ3) is 3.12. The molecule has 1 amide bonds. The van der Waals surface area contributed by atoms with Crippen molar-refractivity contribution in [3.63, 3.8) is 0 Å². The molecule has 0 atom stereocenters. The average Bonchev–Trinajstić information content (AvgIpc) is 2.41. The number of nitrogens with one attached hydrogen (secondary N) is 1. The van der Waals surface area contributed by atoms with Crippen molar-refractivity contribution in [2.45, 2.75) is 0 Å². The summed E-state index contributed by atoms with van der Waals surface area (Å²) >= 11 is 3.20. The molecule has 0 heterocycles.